The number of nitrogens with one attached hydrogen (secondary N) is 1. The molecule has 0 unspecified atom stereocenters. The topological polar surface area (TPSA) is 48.5 Å². The van der Waals surface area contributed by atoms with Crippen molar-refractivity contribution in [3.8, 4) is 0 Å². The van der Waals surface area contributed by atoms with E-state index < -0.39 is 0 Å². The van der Waals surface area contributed by atoms with E-state index in [2.05, 4.69) is 16.4 Å². The zero-order chi connectivity index (χ0) is 17.6. The van der Waals surface area contributed by atoms with Crippen molar-refractivity contribution < 1.29 is 4.79 Å². The molecular weight excluding hydrogens is 332 g/mol. The second kappa shape index (κ2) is 8.43. The fourth-order valence-corrected chi connectivity index (χ4v) is 3.67. The summed E-state index contributed by atoms with van der Waals surface area (Å²) >= 11 is 5.53. The van der Waals surface area contributed by atoms with Gasteiger partial charge in [0.05, 0.1) is 0 Å². The highest BCUT2D eigenvalue weighted by Gasteiger charge is 2.30. The van der Waals surface area contributed by atoms with Crippen molar-refractivity contribution in [2.75, 3.05) is 19.6 Å². The van der Waals surface area contributed by atoms with E-state index in [0.717, 1.165) is 31.6 Å². The third kappa shape index (κ3) is 4.57. The summed E-state index contributed by atoms with van der Waals surface area (Å²) in [6.07, 6.45) is 9.34. The van der Waals surface area contributed by atoms with Crippen LogP contribution < -0.4 is 5.32 Å². The zero-order valence-electron chi connectivity index (χ0n) is 14.8. The van der Waals surface area contributed by atoms with Gasteiger partial charge in [-0.25, -0.2) is 9.99 Å². The van der Waals surface area contributed by atoms with Crippen LogP contribution in [0, 0.1) is 6.92 Å². The first-order valence-corrected chi connectivity index (χ1v) is 9.54. The number of aromatic nitrogens is 1. The Hall–Kier alpha value is -1.95. The number of amides is 1. The van der Waals surface area contributed by atoms with Crippen LogP contribution in [0.15, 0.2) is 29.8 Å². The first kappa shape index (κ1) is 17.9. The average molecular weight is 359 g/mol. The average Bonchev–Trinajstić information content (AvgIpc) is 3.12. The van der Waals surface area contributed by atoms with Crippen LogP contribution in [0.25, 0.3) is 0 Å². The number of nitrogens with zero attached hydrogens (tertiary/aromatic N) is 3. The molecule has 0 aromatic carbocycles. The lowest BCUT2D eigenvalue weighted by Crippen LogP contribution is -2.49. The van der Waals surface area contributed by atoms with Crippen molar-refractivity contribution in [3.05, 3.63) is 41.2 Å². The molecule has 0 spiro atoms. The molecule has 1 fully saturated rings. The Morgan fingerprint density at radius 1 is 1.24 bits per heavy atom. The molecule has 1 aliphatic carbocycles. The van der Waals surface area contributed by atoms with Crippen LogP contribution in [0.3, 0.4) is 0 Å². The quantitative estimate of drug-likeness (QED) is 0.661. The highest BCUT2D eigenvalue weighted by Crippen LogP contribution is 2.20. The summed E-state index contributed by atoms with van der Waals surface area (Å²) in [6.45, 7) is 4.17. The Kier molecular flexibility index (Phi) is 6.02. The summed E-state index contributed by atoms with van der Waals surface area (Å²) in [7, 11) is 0. The SMILES string of the molecule is Cc1cccc(C(=O)N2CCCN2C(=S)NCCC2=CCCCC2)n1. The molecule has 2 heterocycles. The first-order valence-electron chi connectivity index (χ1n) is 9.14. The van der Waals surface area contributed by atoms with Gasteiger partial charge in [0.1, 0.15) is 5.69 Å². The molecule has 1 aromatic rings. The Balaban J connectivity index is 1.56. The van der Waals surface area contributed by atoms with Crippen molar-refractivity contribution in [2.24, 2.45) is 0 Å². The number of carbonyl (C=O) groups is 1. The largest absolute Gasteiger partial charge is 0.361 e. The number of aryl methyl sites for hydroxylation is 1. The summed E-state index contributed by atoms with van der Waals surface area (Å²) in [5, 5.41) is 7.56. The third-order valence-electron chi connectivity index (χ3n) is 4.71. The molecule has 1 aromatic heterocycles. The fourth-order valence-electron chi connectivity index (χ4n) is 3.38. The van der Waals surface area contributed by atoms with Gasteiger partial charge in [-0.15, -0.1) is 0 Å². The van der Waals surface area contributed by atoms with E-state index in [1.807, 2.05) is 24.1 Å². The number of hydrogen-bond donors (Lipinski definition) is 1. The highest BCUT2D eigenvalue weighted by molar-refractivity contribution is 7.80. The molecule has 2 aliphatic rings. The van der Waals surface area contributed by atoms with Crippen molar-refractivity contribution in [1.82, 2.24) is 20.3 Å². The summed E-state index contributed by atoms with van der Waals surface area (Å²) < 4.78 is 0. The van der Waals surface area contributed by atoms with Crippen molar-refractivity contribution in [1.29, 1.82) is 0 Å². The Morgan fingerprint density at radius 3 is 2.84 bits per heavy atom. The van der Waals surface area contributed by atoms with E-state index in [0.29, 0.717) is 17.4 Å². The minimum absolute atomic E-state index is 0.0830. The molecular formula is C19H26N4OS. The van der Waals surface area contributed by atoms with E-state index in [-0.39, 0.29) is 5.91 Å². The van der Waals surface area contributed by atoms with Crippen LogP contribution in [0.5, 0.6) is 0 Å². The molecule has 134 valence electrons. The van der Waals surface area contributed by atoms with Gasteiger partial charge < -0.3 is 5.32 Å². The van der Waals surface area contributed by atoms with E-state index >= 15 is 0 Å². The number of hydrogen-bond acceptors (Lipinski definition) is 3. The monoisotopic (exact) mass is 358 g/mol. The number of allylic oxidation sites excluding steroid dienone is 1. The van der Waals surface area contributed by atoms with Crippen LogP contribution in [0.4, 0.5) is 0 Å². The number of pyridine rings is 1. The molecule has 1 amide bonds. The van der Waals surface area contributed by atoms with Crippen molar-refractivity contribution in [2.45, 2.75) is 45.4 Å². The highest BCUT2D eigenvalue weighted by atomic mass is 32.1. The Labute approximate surface area is 155 Å². The zero-order valence-corrected chi connectivity index (χ0v) is 15.6. The minimum Gasteiger partial charge on any atom is -0.361 e. The standard InChI is InChI=1S/C19H26N4OS/c1-15-7-5-10-17(21-15)18(24)22-13-6-14-23(22)19(25)20-12-11-16-8-3-2-4-9-16/h5,7-8,10H,2-4,6,9,11-14H2,1H3,(H,20,25). The van der Waals surface area contributed by atoms with Crippen LogP contribution in [0.2, 0.25) is 0 Å². The third-order valence-corrected chi connectivity index (χ3v) is 5.07. The Morgan fingerprint density at radius 2 is 2.08 bits per heavy atom. The van der Waals surface area contributed by atoms with E-state index in [9.17, 15) is 4.79 Å². The number of rotatable bonds is 4. The van der Waals surface area contributed by atoms with Crippen LogP contribution in [-0.2, 0) is 0 Å². The van der Waals surface area contributed by atoms with Crippen LogP contribution in [-0.4, -0.2) is 45.7 Å². The lowest BCUT2D eigenvalue weighted by Gasteiger charge is -2.30. The molecule has 0 radical (unpaired) electrons. The van der Waals surface area contributed by atoms with Crippen molar-refractivity contribution >= 4 is 23.2 Å². The van der Waals surface area contributed by atoms with Gasteiger partial charge in [-0.2, -0.15) is 0 Å². The molecule has 0 bridgehead atoms. The fraction of sp³-hybridized carbons (Fsp3) is 0.526. The maximum absolute atomic E-state index is 12.8. The molecule has 3 rings (SSSR count). The Bertz CT molecular complexity index is 673. The van der Waals surface area contributed by atoms with Gasteiger partial charge in [0.25, 0.3) is 5.91 Å². The van der Waals surface area contributed by atoms with Crippen molar-refractivity contribution in [3.63, 3.8) is 0 Å². The van der Waals surface area contributed by atoms with Gasteiger partial charge in [-0.3, -0.25) is 9.80 Å². The molecule has 1 saturated heterocycles. The summed E-state index contributed by atoms with van der Waals surface area (Å²) in [5.74, 6) is -0.0830. The number of hydrazine groups is 1. The number of thiocarbonyl (C=S) groups is 1. The van der Waals surface area contributed by atoms with E-state index in [4.69, 9.17) is 12.2 Å². The van der Waals surface area contributed by atoms with Crippen LogP contribution >= 0.6 is 12.2 Å². The van der Waals surface area contributed by atoms with E-state index in [1.54, 1.807) is 11.1 Å². The smallest absolute Gasteiger partial charge is 0.291 e. The van der Waals surface area contributed by atoms with Gasteiger partial charge in [-0.05, 0) is 69.8 Å². The van der Waals surface area contributed by atoms with Gasteiger partial charge in [0.2, 0.25) is 0 Å². The second-order valence-electron chi connectivity index (χ2n) is 6.66. The lowest BCUT2D eigenvalue weighted by molar-refractivity contribution is 0.0485. The van der Waals surface area contributed by atoms with Gasteiger partial charge in [-0.1, -0.05) is 17.7 Å². The first-order chi connectivity index (χ1) is 12.1. The van der Waals surface area contributed by atoms with Crippen LogP contribution in [0.1, 0.15) is 54.7 Å². The molecule has 5 nitrogen and oxygen atoms in total. The normalized spacial score (nSPS) is 17.4. The lowest BCUT2D eigenvalue weighted by atomic mass is 9.97. The maximum Gasteiger partial charge on any atom is 0.291 e. The maximum atomic E-state index is 12.8. The summed E-state index contributed by atoms with van der Waals surface area (Å²) in [6, 6.07) is 5.52. The second-order valence-corrected chi connectivity index (χ2v) is 7.05. The molecule has 1 N–H and O–H groups in total. The molecule has 25 heavy (non-hydrogen) atoms. The molecule has 0 atom stereocenters. The van der Waals surface area contributed by atoms with Gasteiger partial charge in [0, 0.05) is 25.3 Å². The predicted molar refractivity (Wildman–Crippen MR) is 103 cm³/mol. The molecule has 6 heteroatoms. The summed E-state index contributed by atoms with van der Waals surface area (Å²) in [4.78, 5) is 17.1. The van der Waals surface area contributed by atoms with Gasteiger partial charge in [0.15, 0.2) is 5.11 Å². The minimum atomic E-state index is -0.0830. The van der Waals surface area contributed by atoms with Gasteiger partial charge >= 0.3 is 0 Å². The summed E-state index contributed by atoms with van der Waals surface area (Å²) in [5.41, 5.74) is 2.85. The predicted octanol–water partition coefficient (Wildman–Crippen LogP) is 3.22. The molecule has 0 saturated carbocycles. The van der Waals surface area contributed by atoms with E-state index in [1.165, 1.54) is 31.3 Å². The number of carbonyl (C=O) groups excluding carboxylic acids is 1. The molecule has 1 aliphatic heterocycles.